The van der Waals surface area contributed by atoms with Crippen molar-refractivity contribution in [2.45, 2.75) is 24.8 Å². The van der Waals surface area contributed by atoms with Crippen molar-refractivity contribution in [2.24, 2.45) is 11.8 Å². The van der Waals surface area contributed by atoms with Crippen LogP contribution in [-0.2, 0) is 9.84 Å². The fourth-order valence-electron chi connectivity index (χ4n) is 3.52. The standard InChI is InChI=1S/C15H22N2O2S/c1-3-20(18,19)14-6-4-13(5-7-14)17-10-12-8-16-9-15(12)11(17)2/h4-7,11-12,15-16H,3,8-10H2,1-2H3. The molecule has 2 aliphatic rings. The van der Waals surface area contributed by atoms with Crippen LogP contribution >= 0.6 is 0 Å². The van der Waals surface area contributed by atoms with Crippen molar-refractivity contribution >= 4 is 15.5 Å². The molecule has 0 saturated carbocycles. The van der Waals surface area contributed by atoms with Gasteiger partial charge in [-0.05, 0) is 43.0 Å². The largest absolute Gasteiger partial charge is 0.368 e. The first-order valence-electron chi connectivity index (χ1n) is 7.33. The highest BCUT2D eigenvalue weighted by Crippen LogP contribution is 2.35. The number of fused-ring (bicyclic) bond motifs is 1. The highest BCUT2D eigenvalue weighted by molar-refractivity contribution is 7.91. The number of hydrogen-bond acceptors (Lipinski definition) is 4. The Bertz CT molecular complexity index is 582. The highest BCUT2D eigenvalue weighted by Gasteiger charge is 2.41. The summed E-state index contributed by atoms with van der Waals surface area (Å²) in [6, 6.07) is 7.91. The Morgan fingerprint density at radius 3 is 2.55 bits per heavy atom. The third-order valence-electron chi connectivity index (χ3n) is 4.84. The van der Waals surface area contributed by atoms with Crippen LogP contribution in [0, 0.1) is 11.8 Å². The van der Waals surface area contributed by atoms with Crippen molar-refractivity contribution in [3.05, 3.63) is 24.3 Å². The van der Waals surface area contributed by atoms with Crippen LogP contribution in [0.25, 0.3) is 0 Å². The summed E-state index contributed by atoms with van der Waals surface area (Å²) in [7, 11) is -3.10. The molecule has 1 aromatic rings. The fraction of sp³-hybridized carbons (Fsp3) is 0.600. The zero-order valence-electron chi connectivity index (χ0n) is 12.0. The molecule has 0 radical (unpaired) electrons. The summed E-state index contributed by atoms with van der Waals surface area (Å²) >= 11 is 0. The van der Waals surface area contributed by atoms with E-state index in [1.807, 2.05) is 12.1 Å². The van der Waals surface area contributed by atoms with Gasteiger partial charge in [0.15, 0.2) is 9.84 Å². The monoisotopic (exact) mass is 294 g/mol. The van der Waals surface area contributed by atoms with E-state index in [9.17, 15) is 8.42 Å². The maximum atomic E-state index is 11.8. The van der Waals surface area contributed by atoms with Crippen molar-refractivity contribution in [2.75, 3.05) is 30.3 Å². The summed E-state index contributed by atoms with van der Waals surface area (Å²) in [4.78, 5) is 2.84. The van der Waals surface area contributed by atoms with E-state index in [2.05, 4.69) is 17.1 Å². The maximum absolute atomic E-state index is 11.8. The number of anilines is 1. The second-order valence-electron chi connectivity index (χ2n) is 5.87. The van der Waals surface area contributed by atoms with Gasteiger partial charge in [-0.2, -0.15) is 0 Å². The summed E-state index contributed by atoms with van der Waals surface area (Å²) in [5.41, 5.74) is 1.14. The quantitative estimate of drug-likeness (QED) is 0.918. The van der Waals surface area contributed by atoms with E-state index in [1.54, 1.807) is 19.1 Å². The normalized spacial score (nSPS) is 29.7. The molecule has 110 valence electrons. The maximum Gasteiger partial charge on any atom is 0.178 e. The van der Waals surface area contributed by atoms with Gasteiger partial charge >= 0.3 is 0 Å². The van der Waals surface area contributed by atoms with Crippen molar-refractivity contribution in [1.29, 1.82) is 0 Å². The molecule has 0 aliphatic carbocycles. The number of benzene rings is 1. The predicted octanol–water partition coefficient (Wildman–Crippen LogP) is 1.52. The Hall–Kier alpha value is -1.07. The molecule has 3 rings (SSSR count). The molecular formula is C15H22N2O2S. The van der Waals surface area contributed by atoms with E-state index in [0.717, 1.165) is 31.2 Å². The smallest absolute Gasteiger partial charge is 0.178 e. The van der Waals surface area contributed by atoms with E-state index in [4.69, 9.17) is 0 Å². The molecule has 0 aromatic heterocycles. The molecule has 0 amide bonds. The van der Waals surface area contributed by atoms with Crippen LogP contribution in [0.1, 0.15) is 13.8 Å². The molecule has 2 fully saturated rings. The Morgan fingerprint density at radius 2 is 1.95 bits per heavy atom. The van der Waals surface area contributed by atoms with Crippen LogP contribution in [0.2, 0.25) is 0 Å². The lowest BCUT2D eigenvalue weighted by molar-refractivity contribution is 0.471. The Labute approximate surface area is 121 Å². The molecule has 2 aliphatic heterocycles. The average molecular weight is 294 g/mol. The molecule has 3 unspecified atom stereocenters. The molecule has 4 nitrogen and oxygen atoms in total. The molecule has 1 aromatic carbocycles. The van der Waals surface area contributed by atoms with Gasteiger partial charge in [-0.15, -0.1) is 0 Å². The molecule has 2 heterocycles. The number of nitrogens with zero attached hydrogens (tertiary/aromatic N) is 1. The van der Waals surface area contributed by atoms with Crippen LogP contribution < -0.4 is 10.2 Å². The summed E-state index contributed by atoms with van der Waals surface area (Å²) in [6.07, 6.45) is 0. The zero-order chi connectivity index (χ0) is 14.3. The van der Waals surface area contributed by atoms with Crippen LogP contribution in [0.15, 0.2) is 29.2 Å². The van der Waals surface area contributed by atoms with Gasteiger partial charge in [-0.3, -0.25) is 0 Å². The Balaban J connectivity index is 1.82. The summed E-state index contributed by atoms with van der Waals surface area (Å²) in [5.74, 6) is 1.60. The summed E-state index contributed by atoms with van der Waals surface area (Å²) in [6.45, 7) is 7.23. The van der Waals surface area contributed by atoms with Gasteiger partial charge in [0, 0.05) is 31.4 Å². The summed E-state index contributed by atoms with van der Waals surface area (Å²) in [5, 5.41) is 3.46. The minimum absolute atomic E-state index is 0.155. The highest BCUT2D eigenvalue weighted by atomic mass is 32.2. The van der Waals surface area contributed by atoms with Gasteiger partial charge in [0.1, 0.15) is 0 Å². The lowest BCUT2D eigenvalue weighted by Gasteiger charge is -2.26. The number of rotatable bonds is 3. The number of nitrogens with one attached hydrogen (secondary N) is 1. The molecule has 3 atom stereocenters. The van der Waals surface area contributed by atoms with Crippen LogP contribution in [0.5, 0.6) is 0 Å². The molecular weight excluding hydrogens is 272 g/mol. The van der Waals surface area contributed by atoms with E-state index in [0.29, 0.717) is 16.9 Å². The molecule has 5 heteroatoms. The van der Waals surface area contributed by atoms with Crippen LogP contribution in [-0.4, -0.2) is 39.8 Å². The second-order valence-corrected chi connectivity index (χ2v) is 8.15. The van der Waals surface area contributed by atoms with Crippen molar-refractivity contribution in [3.8, 4) is 0 Å². The number of sulfone groups is 1. The molecule has 0 bridgehead atoms. The van der Waals surface area contributed by atoms with Gasteiger partial charge in [0.05, 0.1) is 10.6 Å². The van der Waals surface area contributed by atoms with Gasteiger partial charge in [0.2, 0.25) is 0 Å². The van der Waals surface area contributed by atoms with E-state index < -0.39 is 9.84 Å². The van der Waals surface area contributed by atoms with Crippen LogP contribution in [0.3, 0.4) is 0 Å². The first kappa shape index (κ1) is 13.9. The predicted molar refractivity (Wildman–Crippen MR) is 80.8 cm³/mol. The van der Waals surface area contributed by atoms with Crippen molar-refractivity contribution < 1.29 is 8.42 Å². The van der Waals surface area contributed by atoms with Crippen molar-refractivity contribution in [1.82, 2.24) is 5.32 Å². The SMILES string of the molecule is CCS(=O)(=O)c1ccc(N2CC3CNCC3C2C)cc1. The van der Waals surface area contributed by atoms with Gasteiger partial charge in [-0.25, -0.2) is 8.42 Å². The lowest BCUT2D eigenvalue weighted by Crippen LogP contribution is -2.33. The molecule has 20 heavy (non-hydrogen) atoms. The van der Waals surface area contributed by atoms with E-state index >= 15 is 0 Å². The lowest BCUT2D eigenvalue weighted by atomic mass is 9.95. The second kappa shape index (κ2) is 5.04. The van der Waals surface area contributed by atoms with Crippen LogP contribution in [0.4, 0.5) is 5.69 Å². The minimum Gasteiger partial charge on any atom is -0.368 e. The fourth-order valence-corrected chi connectivity index (χ4v) is 4.40. The molecule has 2 saturated heterocycles. The average Bonchev–Trinajstić information content (AvgIpc) is 3.02. The van der Waals surface area contributed by atoms with Gasteiger partial charge in [-0.1, -0.05) is 6.92 Å². The van der Waals surface area contributed by atoms with E-state index in [-0.39, 0.29) is 5.75 Å². The molecule has 1 N–H and O–H groups in total. The third-order valence-corrected chi connectivity index (χ3v) is 6.59. The first-order chi connectivity index (χ1) is 9.53. The minimum atomic E-state index is -3.10. The third kappa shape index (κ3) is 2.23. The Morgan fingerprint density at radius 1 is 1.25 bits per heavy atom. The topological polar surface area (TPSA) is 49.4 Å². The summed E-state index contributed by atoms with van der Waals surface area (Å²) < 4.78 is 23.7. The molecule has 0 spiro atoms. The first-order valence-corrected chi connectivity index (χ1v) is 8.98. The zero-order valence-corrected chi connectivity index (χ0v) is 12.9. The number of hydrogen-bond donors (Lipinski definition) is 1. The van der Waals surface area contributed by atoms with Gasteiger partial charge in [0.25, 0.3) is 0 Å². The van der Waals surface area contributed by atoms with Crippen molar-refractivity contribution in [3.63, 3.8) is 0 Å². The Kier molecular flexibility index (Phi) is 3.50. The van der Waals surface area contributed by atoms with E-state index in [1.165, 1.54) is 0 Å². The van der Waals surface area contributed by atoms with Gasteiger partial charge < -0.3 is 10.2 Å².